The Morgan fingerprint density at radius 1 is 1.14 bits per heavy atom. The number of likely N-dealkylation sites (tertiary alicyclic amines) is 1. The van der Waals surface area contributed by atoms with Crippen LogP contribution in [0.5, 0.6) is 0 Å². The number of benzene rings is 1. The average Bonchev–Trinajstić information content (AvgIpc) is 3.48. The van der Waals surface area contributed by atoms with Crippen molar-refractivity contribution >= 4 is 11.8 Å². The fourth-order valence-electron chi connectivity index (χ4n) is 3.74. The van der Waals surface area contributed by atoms with Crippen molar-refractivity contribution in [3.63, 3.8) is 0 Å². The van der Waals surface area contributed by atoms with Crippen molar-refractivity contribution in [3.05, 3.63) is 72.6 Å². The van der Waals surface area contributed by atoms with Gasteiger partial charge in [-0.1, -0.05) is 30.3 Å². The number of H-pyrrole nitrogens is 1. The summed E-state index contributed by atoms with van der Waals surface area (Å²) in [6.07, 6.45) is 8.67. The zero-order valence-corrected chi connectivity index (χ0v) is 16.1. The van der Waals surface area contributed by atoms with Crippen molar-refractivity contribution in [1.29, 1.82) is 0 Å². The molecule has 8 heteroatoms. The second-order valence-corrected chi connectivity index (χ2v) is 7.21. The molecule has 1 aromatic carbocycles. The molecule has 4 rings (SSSR count). The van der Waals surface area contributed by atoms with Crippen LogP contribution in [-0.2, 0) is 16.1 Å². The van der Waals surface area contributed by atoms with E-state index in [1.165, 1.54) is 0 Å². The molecule has 1 atom stereocenters. The zero-order valence-electron chi connectivity index (χ0n) is 16.1. The molecule has 0 spiro atoms. The summed E-state index contributed by atoms with van der Waals surface area (Å²) in [6, 6.07) is 11.1. The van der Waals surface area contributed by atoms with E-state index in [1.807, 2.05) is 48.8 Å². The third-order valence-corrected chi connectivity index (χ3v) is 5.32. The van der Waals surface area contributed by atoms with Crippen LogP contribution in [0.25, 0.3) is 0 Å². The fraction of sp³-hybridized carbons (Fsp3) is 0.333. The van der Waals surface area contributed by atoms with Gasteiger partial charge in [-0.05, 0) is 24.5 Å². The molecule has 150 valence electrons. The third kappa shape index (κ3) is 4.53. The topological polar surface area (TPSA) is 95.9 Å². The van der Waals surface area contributed by atoms with Gasteiger partial charge >= 0.3 is 11.8 Å². The fourth-order valence-corrected chi connectivity index (χ4v) is 3.74. The lowest BCUT2D eigenvalue weighted by Crippen LogP contribution is -2.47. The Hall–Kier alpha value is -3.42. The molecule has 3 heterocycles. The highest BCUT2D eigenvalue weighted by atomic mass is 16.2. The Morgan fingerprint density at radius 2 is 1.93 bits per heavy atom. The second-order valence-electron chi connectivity index (χ2n) is 7.21. The summed E-state index contributed by atoms with van der Waals surface area (Å²) in [5.41, 5.74) is 0.931. The predicted molar refractivity (Wildman–Crippen MR) is 107 cm³/mol. The second kappa shape index (κ2) is 8.72. The van der Waals surface area contributed by atoms with Gasteiger partial charge in [-0.15, -0.1) is 0 Å². The summed E-state index contributed by atoms with van der Waals surface area (Å²) >= 11 is 0. The number of carbonyl (C=O) groups is 2. The van der Waals surface area contributed by atoms with Crippen molar-refractivity contribution in [2.24, 2.45) is 0 Å². The van der Waals surface area contributed by atoms with Crippen molar-refractivity contribution < 1.29 is 9.59 Å². The average molecular weight is 392 g/mol. The number of imidazole rings is 1. The van der Waals surface area contributed by atoms with Crippen molar-refractivity contribution in [3.8, 4) is 0 Å². The summed E-state index contributed by atoms with van der Waals surface area (Å²) in [6.45, 7) is 1.55. The van der Waals surface area contributed by atoms with Crippen LogP contribution in [0, 0.1) is 0 Å². The first-order chi connectivity index (χ1) is 14.2. The smallest absolute Gasteiger partial charge is 0.311 e. The lowest BCUT2D eigenvalue weighted by Gasteiger charge is -2.31. The molecule has 8 nitrogen and oxygen atoms in total. The highest BCUT2D eigenvalue weighted by molar-refractivity contribution is 6.35. The molecule has 1 fully saturated rings. The van der Waals surface area contributed by atoms with Crippen molar-refractivity contribution in [1.82, 2.24) is 30.0 Å². The normalized spacial score (nSPS) is 15.8. The maximum absolute atomic E-state index is 12.7. The molecule has 2 aromatic heterocycles. The summed E-state index contributed by atoms with van der Waals surface area (Å²) in [7, 11) is 0. The van der Waals surface area contributed by atoms with Gasteiger partial charge in [0.2, 0.25) is 0 Å². The van der Waals surface area contributed by atoms with E-state index in [1.54, 1.807) is 22.0 Å². The van der Waals surface area contributed by atoms with Gasteiger partial charge in [0.1, 0.15) is 5.82 Å². The Kier molecular flexibility index (Phi) is 5.69. The molecule has 0 saturated carbocycles. The SMILES string of the molecule is O=C(NC(Cn1cccn1)c1ccccc1)C(=O)N1CCC(c2ncc[nH]2)CC1. The maximum atomic E-state index is 12.7. The van der Waals surface area contributed by atoms with E-state index >= 15 is 0 Å². The summed E-state index contributed by atoms with van der Waals surface area (Å²) in [5.74, 6) is 0.186. The van der Waals surface area contributed by atoms with Crippen LogP contribution in [0.1, 0.15) is 36.2 Å². The van der Waals surface area contributed by atoms with Crippen LogP contribution in [-0.4, -0.2) is 49.6 Å². The quantitative estimate of drug-likeness (QED) is 0.648. The number of aromatic amines is 1. The first-order valence-electron chi connectivity index (χ1n) is 9.82. The lowest BCUT2D eigenvalue weighted by atomic mass is 9.96. The number of hydrogen-bond acceptors (Lipinski definition) is 4. The number of carbonyl (C=O) groups excluding carboxylic acids is 2. The maximum Gasteiger partial charge on any atom is 0.311 e. The number of nitrogens with one attached hydrogen (secondary N) is 2. The van der Waals surface area contributed by atoms with Gasteiger partial charge in [0.05, 0.1) is 12.6 Å². The number of rotatable bonds is 5. The largest absolute Gasteiger partial charge is 0.348 e. The monoisotopic (exact) mass is 392 g/mol. The summed E-state index contributed by atoms with van der Waals surface area (Å²) < 4.78 is 1.75. The molecule has 0 aliphatic carbocycles. The van der Waals surface area contributed by atoms with E-state index in [9.17, 15) is 9.59 Å². The minimum Gasteiger partial charge on any atom is -0.348 e. The highest BCUT2D eigenvalue weighted by Crippen LogP contribution is 2.25. The van der Waals surface area contributed by atoms with E-state index in [2.05, 4.69) is 20.4 Å². The molecule has 1 unspecified atom stereocenters. The van der Waals surface area contributed by atoms with Gasteiger partial charge in [0, 0.05) is 43.8 Å². The Labute approximate surface area is 168 Å². The Balaban J connectivity index is 1.39. The number of nitrogens with zero attached hydrogens (tertiary/aromatic N) is 4. The van der Waals surface area contributed by atoms with Gasteiger partial charge in [0.15, 0.2) is 0 Å². The molecule has 1 aliphatic heterocycles. The zero-order chi connectivity index (χ0) is 20.1. The highest BCUT2D eigenvalue weighted by Gasteiger charge is 2.30. The Bertz CT molecular complexity index is 916. The van der Waals surface area contributed by atoms with Gasteiger partial charge < -0.3 is 15.2 Å². The van der Waals surface area contributed by atoms with Crippen LogP contribution in [0.15, 0.2) is 61.2 Å². The molecule has 0 radical (unpaired) electrons. The summed E-state index contributed by atoms with van der Waals surface area (Å²) in [4.78, 5) is 34.5. The third-order valence-electron chi connectivity index (χ3n) is 5.32. The van der Waals surface area contributed by atoms with E-state index in [0.29, 0.717) is 25.6 Å². The molecule has 29 heavy (non-hydrogen) atoms. The van der Waals surface area contributed by atoms with Crippen molar-refractivity contribution in [2.75, 3.05) is 13.1 Å². The summed E-state index contributed by atoms with van der Waals surface area (Å²) in [5, 5.41) is 7.12. The molecule has 0 bridgehead atoms. The first kappa shape index (κ1) is 18.9. The van der Waals surface area contributed by atoms with Gasteiger partial charge in [-0.2, -0.15) is 5.10 Å². The number of piperidine rings is 1. The van der Waals surface area contributed by atoms with E-state index in [0.717, 1.165) is 24.2 Å². The van der Waals surface area contributed by atoms with E-state index in [4.69, 9.17) is 0 Å². The minimum absolute atomic E-state index is 0.300. The van der Waals surface area contributed by atoms with Crippen LogP contribution >= 0.6 is 0 Å². The first-order valence-corrected chi connectivity index (χ1v) is 9.82. The molecular formula is C21H24N6O2. The molecule has 3 aromatic rings. The number of aromatic nitrogens is 4. The van der Waals surface area contributed by atoms with E-state index < -0.39 is 11.8 Å². The van der Waals surface area contributed by atoms with Crippen LogP contribution in [0.4, 0.5) is 0 Å². The number of hydrogen-bond donors (Lipinski definition) is 2. The van der Waals surface area contributed by atoms with E-state index in [-0.39, 0.29) is 6.04 Å². The minimum atomic E-state index is -0.581. The molecule has 1 saturated heterocycles. The van der Waals surface area contributed by atoms with Crippen LogP contribution in [0.3, 0.4) is 0 Å². The number of amides is 2. The van der Waals surface area contributed by atoms with Crippen LogP contribution in [0.2, 0.25) is 0 Å². The van der Waals surface area contributed by atoms with Gasteiger partial charge in [-0.3, -0.25) is 14.3 Å². The van der Waals surface area contributed by atoms with Gasteiger partial charge in [-0.25, -0.2) is 4.98 Å². The van der Waals surface area contributed by atoms with Gasteiger partial charge in [0.25, 0.3) is 0 Å². The predicted octanol–water partition coefficient (Wildman–Crippen LogP) is 1.87. The molecular weight excluding hydrogens is 368 g/mol. The molecule has 1 aliphatic rings. The van der Waals surface area contributed by atoms with Crippen LogP contribution < -0.4 is 5.32 Å². The lowest BCUT2D eigenvalue weighted by molar-refractivity contribution is -0.147. The molecule has 2 N–H and O–H groups in total. The van der Waals surface area contributed by atoms with Crippen molar-refractivity contribution in [2.45, 2.75) is 31.3 Å². The Morgan fingerprint density at radius 3 is 2.59 bits per heavy atom. The molecule has 2 amide bonds. The standard InChI is InChI=1S/C21H24N6O2/c28-20(21(29)26-13-7-17(8-14-26)19-22-10-11-23-19)25-18(15-27-12-4-9-24-27)16-5-2-1-3-6-16/h1-6,9-12,17-18H,7-8,13-15H2,(H,22,23)(H,25,28).